The number of para-hydroxylation sites is 2. The van der Waals surface area contributed by atoms with Gasteiger partial charge in [-0.15, -0.1) is 0 Å². The Morgan fingerprint density at radius 1 is 1.44 bits per heavy atom. The van der Waals surface area contributed by atoms with Crippen molar-refractivity contribution in [1.82, 2.24) is 9.55 Å². The Morgan fingerprint density at radius 2 is 2.22 bits per heavy atom. The molecule has 3 heteroatoms. The monoisotopic (exact) mass is 243 g/mol. The number of aromatic nitrogens is 2. The molecule has 1 aliphatic carbocycles. The van der Waals surface area contributed by atoms with Gasteiger partial charge in [0, 0.05) is 19.5 Å². The molecule has 18 heavy (non-hydrogen) atoms. The Labute approximate surface area is 108 Å². The maximum absolute atomic E-state index is 6.05. The first-order chi connectivity index (χ1) is 8.57. The van der Waals surface area contributed by atoms with Gasteiger partial charge in [-0.05, 0) is 36.8 Å². The van der Waals surface area contributed by atoms with Gasteiger partial charge in [-0.2, -0.15) is 0 Å². The lowest BCUT2D eigenvalue weighted by molar-refractivity contribution is 0.319. The van der Waals surface area contributed by atoms with Crippen molar-refractivity contribution >= 4 is 11.0 Å². The van der Waals surface area contributed by atoms with Crippen LogP contribution >= 0.6 is 0 Å². The zero-order valence-electron chi connectivity index (χ0n) is 11.2. The van der Waals surface area contributed by atoms with E-state index >= 15 is 0 Å². The minimum Gasteiger partial charge on any atom is -0.331 e. The van der Waals surface area contributed by atoms with Crippen LogP contribution in [0, 0.1) is 5.41 Å². The van der Waals surface area contributed by atoms with Crippen LogP contribution in [0.15, 0.2) is 24.3 Å². The third-order valence-corrected chi connectivity index (χ3v) is 4.34. The Balaban J connectivity index is 1.93. The number of rotatable bonds is 2. The van der Waals surface area contributed by atoms with Crippen LogP contribution in [0.5, 0.6) is 0 Å². The van der Waals surface area contributed by atoms with Crippen LogP contribution in [0.4, 0.5) is 0 Å². The summed E-state index contributed by atoms with van der Waals surface area (Å²) in [5.41, 5.74) is 8.70. The maximum Gasteiger partial charge on any atom is 0.110 e. The average molecular weight is 243 g/mol. The number of hydrogen-bond acceptors (Lipinski definition) is 2. The molecule has 0 bridgehead atoms. The number of nitrogens with two attached hydrogens (primary N) is 1. The quantitative estimate of drug-likeness (QED) is 0.881. The molecule has 1 heterocycles. The summed E-state index contributed by atoms with van der Waals surface area (Å²) in [4.78, 5) is 4.77. The molecule has 1 aromatic carbocycles. The van der Waals surface area contributed by atoms with E-state index in [0.29, 0.717) is 11.5 Å². The van der Waals surface area contributed by atoms with E-state index in [1.165, 1.54) is 17.8 Å². The van der Waals surface area contributed by atoms with Gasteiger partial charge in [-0.1, -0.05) is 19.1 Å². The first-order valence-corrected chi connectivity index (χ1v) is 6.73. The molecular formula is C15H21N3. The maximum atomic E-state index is 6.05. The summed E-state index contributed by atoms with van der Waals surface area (Å²) < 4.78 is 2.23. The molecular weight excluding hydrogens is 222 g/mol. The first-order valence-electron chi connectivity index (χ1n) is 6.73. The molecule has 1 saturated carbocycles. The Bertz CT molecular complexity index is 572. The topological polar surface area (TPSA) is 43.8 Å². The van der Waals surface area contributed by atoms with Gasteiger partial charge in [0.15, 0.2) is 0 Å². The van der Waals surface area contributed by atoms with Crippen LogP contribution in [0.2, 0.25) is 0 Å². The Hall–Kier alpha value is -1.35. The van der Waals surface area contributed by atoms with Crippen molar-refractivity contribution in [3.8, 4) is 0 Å². The molecule has 3 nitrogen and oxygen atoms in total. The Kier molecular flexibility index (Phi) is 2.67. The minimum absolute atomic E-state index is 0.328. The van der Waals surface area contributed by atoms with E-state index in [9.17, 15) is 0 Å². The molecule has 1 aromatic heterocycles. The van der Waals surface area contributed by atoms with Crippen LogP contribution in [-0.2, 0) is 13.5 Å². The molecule has 0 radical (unpaired) electrons. The SMILES string of the molecule is Cn1c(CC2(C)CCC(N)C2)nc2ccccc21. The summed E-state index contributed by atoms with van der Waals surface area (Å²) in [5.74, 6) is 1.19. The van der Waals surface area contributed by atoms with Crippen molar-refractivity contribution in [3.05, 3.63) is 30.1 Å². The van der Waals surface area contributed by atoms with E-state index in [0.717, 1.165) is 24.8 Å². The number of fused-ring (bicyclic) bond motifs is 1. The zero-order valence-corrected chi connectivity index (χ0v) is 11.2. The van der Waals surface area contributed by atoms with Crippen LogP contribution in [-0.4, -0.2) is 15.6 Å². The fourth-order valence-electron chi connectivity index (χ4n) is 3.27. The second-order valence-electron chi connectivity index (χ2n) is 6.07. The summed E-state index contributed by atoms with van der Waals surface area (Å²) in [5, 5.41) is 0. The molecule has 0 saturated heterocycles. The lowest BCUT2D eigenvalue weighted by Gasteiger charge is -2.23. The van der Waals surface area contributed by atoms with E-state index in [1.54, 1.807) is 0 Å². The average Bonchev–Trinajstić information content (AvgIpc) is 2.82. The molecule has 2 atom stereocenters. The highest BCUT2D eigenvalue weighted by molar-refractivity contribution is 5.75. The molecule has 1 fully saturated rings. The van der Waals surface area contributed by atoms with Gasteiger partial charge in [0.2, 0.25) is 0 Å². The summed E-state index contributed by atoms with van der Waals surface area (Å²) in [7, 11) is 2.11. The van der Waals surface area contributed by atoms with Gasteiger partial charge in [0.25, 0.3) is 0 Å². The standard InChI is InChI=1S/C15H21N3/c1-15(8-7-11(16)9-15)10-14-17-12-5-3-4-6-13(12)18(14)2/h3-6,11H,7-10,16H2,1-2H3. The van der Waals surface area contributed by atoms with Gasteiger partial charge in [-0.3, -0.25) is 0 Å². The molecule has 0 amide bonds. The Morgan fingerprint density at radius 3 is 2.89 bits per heavy atom. The first kappa shape index (κ1) is 11.7. The zero-order chi connectivity index (χ0) is 12.8. The summed E-state index contributed by atoms with van der Waals surface area (Å²) in [6, 6.07) is 8.72. The molecule has 3 rings (SSSR count). The van der Waals surface area contributed by atoms with Crippen molar-refractivity contribution in [2.75, 3.05) is 0 Å². The fraction of sp³-hybridized carbons (Fsp3) is 0.533. The lowest BCUT2D eigenvalue weighted by atomic mass is 9.84. The van der Waals surface area contributed by atoms with E-state index in [-0.39, 0.29) is 0 Å². The van der Waals surface area contributed by atoms with Crippen LogP contribution in [0.1, 0.15) is 32.0 Å². The van der Waals surface area contributed by atoms with Gasteiger partial charge < -0.3 is 10.3 Å². The van der Waals surface area contributed by atoms with Gasteiger partial charge >= 0.3 is 0 Å². The molecule has 2 N–H and O–H groups in total. The number of aryl methyl sites for hydroxylation is 1. The number of hydrogen-bond donors (Lipinski definition) is 1. The smallest absolute Gasteiger partial charge is 0.110 e. The van der Waals surface area contributed by atoms with Crippen molar-refractivity contribution in [3.63, 3.8) is 0 Å². The highest BCUT2D eigenvalue weighted by Crippen LogP contribution is 2.39. The molecule has 2 unspecified atom stereocenters. The van der Waals surface area contributed by atoms with Gasteiger partial charge in [0.05, 0.1) is 11.0 Å². The van der Waals surface area contributed by atoms with Gasteiger partial charge in [0.1, 0.15) is 5.82 Å². The molecule has 1 aliphatic rings. The normalized spacial score (nSPS) is 28.1. The second kappa shape index (κ2) is 4.09. The number of imidazole rings is 1. The summed E-state index contributed by atoms with van der Waals surface area (Å²) >= 11 is 0. The van der Waals surface area contributed by atoms with Crippen LogP contribution in [0.25, 0.3) is 11.0 Å². The summed E-state index contributed by atoms with van der Waals surface area (Å²) in [6.07, 6.45) is 4.53. The van der Waals surface area contributed by atoms with Crippen LogP contribution in [0.3, 0.4) is 0 Å². The molecule has 0 spiro atoms. The van der Waals surface area contributed by atoms with E-state index in [2.05, 4.69) is 36.7 Å². The van der Waals surface area contributed by atoms with Crippen molar-refractivity contribution in [1.29, 1.82) is 0 Å². The van der Waals surface area contributed by atoms with Crippen molar-refractivity contribution in [2.24, 2.45) is 18.2 Å². The minimum atomic E-state index is 0.328. The van der Waals surface area contributed by atoms with E-state index in [4.69, 9.17) is 10.7 Å². The third-order valence-electron chi connectivity index (χ3n) is 4.34. The second-order valence-corrected chi connectivity index (χ2v) is 6.07. The molecule has 96 valence electrons. The summed E-state index contributed by atoms with van der Waals surface area (Å²) in [6.45, 7) is 2.35. The fourth-order valence-corrected chi connectivity index (χ4v) is 3.27. The number of benzene rings is 1. The highest BCUT2D eigenvalue weighted by atomic mass is 15.1. The van der Waals surface area contributed by atoms with Gasteiger partial charge in [-0.25, -0.2) is 4.98 Å². The molecule has 2 aromatic rings. The highest BCUT2D eigenvalue weighted by Gasteiger charge is 2.34. The largest absolute Gasteiger partial charge is 0.331 e. The lowest BCUT2D eigenvalue weighted by Crippen LogP contribution is -2.22. The predicted octanol–water partition coefficient (Wildman–Crippen LogP) is 2.63. The number of nitrogens with zero attached hydrogens (tertiary/aromatic N) is 2. The van der Waals surface area contributed by atoms with E-state index in [1.807, 2.05) is 6.07 Å². The van der Waals surface area contributed by atoms with E-state index < -0.39 is 0 Å². The third kappa shape index (κ3) is 1.93. The van der Waals surface area contributed by atoms with Crippen molar-refractivity contribution in [2.45, 2.75) is 38.6 Å². The van der Waals surface area contributed by atoms with Crippen molar-refractivity contribution < 1.29 is 0 Å². The predicted molar refractivity (Wildman–Crippen MR) is 74.4 cm³/mol. The molecule has 0 aliphatic heterocycles. The van der Waals surface area contributed by atoms with Crippen LogP contribution < -0.4 is 5.73 Å².